The SMILES string of the molecule is CC(C)(C)OC(=O)C12C=CC(O1)C(C(F)(F)F)C2C(F)(F)F. The minimum atomic E-state index is -5.27. The van der Waals surface area contributed by atoms with Gasteiger partial charge < -0.3 is 9.47 Å². The average molecular weight is 332 g/mol. The van der Waals surface area contributed by atoms with Crippen molar-refractivity contribution in [1.82, 2.24) is 0 Å². The lowest BCUT2D eigenvalue weighted by Crippen LogP contribution is -2.54. The molecule has 0 saturated carbocycles. The smallest absolute Gasteiger partial charge is 0.396 e. The van der Waals surface area contributed by atoms with E-state index in [-0.39, 0.29) is 0 Å². The van der Waals surface area contributed by atoms with Gasteiger partial charge in [0.05, 0.1) is 12.0 Å². The van der Waals surface area contributed by atoms with Crippen LogP contribution in [0.5, 0.6) is 0 Å². The van der Waals surface area contributed by atoms with Crippen LogP contribution in [-0.4, -0.2) is 35.6 Å². The van der Waals surface area contributed by atoms with Gasteiger partial charge in [0, 0.05) is 0 Å². The molecular formula is C13H14F6O3. The molecule has 0 spiro atoms. The zero-order chi connectivity index (χ0) is 17.1. The molecule has 0 amide bonds. The van der Waals surface area contributed by atoms with Crippen molar-refractivity contribution in [1.29, 1.82) is 0 Å². The number of halogens is 6. The predicted molar refractivity (Wildman–Crippen MR) is 61.7 cm³/mol. The molecule has 0 aromatic rings. The van der Waals surface area contributed by atoms with Gasteiger partial charge in [-0.15, -0.1) is 0 Å². The number of carbonyl (C=O) groups is 1. The molecule has 2 rings (SSSR count). The van der Waals surface area contributed by atoms with E-state index < -0.39 is 47.5 Å². The zero-order valence-corrected chi connectivity index (χ0v) is 11.9. The Kier molecular flexibility index (Phi) is 3.60. The molecule has 4 atom stereocenters. The Morgan fingerprint density at radius 1 is 1.09 bits per heavy atom. The first-order valence-corrected chi connectivity index (χ1v) is 6.42. The number of hydrogen-bond acceptors (Lipinski definition) is 3. The molecule has 2 aliphatic heterocycles. The summed E-state index contributed by atoms with van der Waals surface area (Å²) in [6.45, 7) is 4.20. The highest BCUT2D eigenvalue weighted by atomic mass is 19.4. The maximum atomic E-state index is 13.2. The summed E-state index contributed by atoms with van der Waals surface area (Å²) in [7, 11) is 0. The molecule has 0 N–H and O–H groups in total. The Balaban J connectivity index is 2.47. The van der Waals surface area contributed by atoms with Crippen molar-refractivity contribution >= 4 is 5.97 Å². The second-order valence-corrected chi connectivity index (χ2v) is 6.32. The van der Waals surface area contributed by atoms with Gasteiger partial charge in [-0.2, -0.15) is 26.3 Å². The van der Waals surface area contributed by atoms with Gasteiger partial charge in [-0.05, 0) is 26.8 Å². The minimum absolute atomic E-state index is 0.728. The van der Waals surface area contributed by atoms with E-state index >= 15 is 0 Å². The Hall–Kier alpha value is -1.25. The molecule has 0 aromatic carbocycles. The lowest BCUT2D eigenvalue weighted by atomic mass is 9.74. The molecule has 0 aromatic heterocycles. The third-order valence-corrected chi connectivity index (χ3v) is 3.49. The maximum absolute atomic E-state index is 13.2. The van der Waals surface area contributed by atoms with Crippen molar-refractivity contribution in [2.45, 2.75) is 50.4 Å². The van der Waals surface area contributed by atoms with Crippen LogP contribution in [0.1, 0.15) is 20.8 Å². The summed E-state index contributed by atoms with van der Waals surface area (Å²) in [5, 5.41) is 0. The van der Waals surface area contributed by atoms with Crippen LogP contribution in [-0.2, 0) is 14.3 Å². The number of alkyl halides is 6. The molecule has 2 heterocycles. The van der Waals surface area contributed by atoms with Crippen LogP contribution >= 0.6 is 0 Å². The van der Waals surface area contributed by atoms with E-state index in [1.54, 1.807) is 0 Å². The van der Waals surface area contributed by atoms with Crippen molar-refractivity contribution < 1.29 is 40.6 Å². The first-order chi connectivity index (χ1) is 9.68. The fourth-order valence-corrected chi connectivity index (χ4v) is 2.79. The van der Waals surface area contributed by atoms with E-state index in [2.05, 4.69) is 0 Å². The number of rotatable bonds is 1. The van der Waals surface area contributed by atoms with Gasteiger partial charge in [-0.1, -0.05) is 6.08 Å². The lowest BCUT2D eigenvalue weighted by Gasteiger charge is -2.35. The average Bonchev–Trinajstić information content (AvgIpc) is 2.80. The molecule has 9 heteroatoms. The van der Waals surface area contributed by atoms with Gasteiger partial charge in [0.2, 0.25) is 0 Å². The van der Waals surface area contributed by atoms with Crippen molar-refractivity contribution in [2.75, 3.05) is 0 Å². The fraction of sp³-hybridized carbons (Fsp3) is 0.769. The number of ether oxygens (including phenoxy) is 2. The highest BCUT2D eigenvalue weighted by Gasteiger charge is 2.75. The summed E-state index contributed by atoms with van der Waals surface area (Å²) < 4.78 is 88.3. The first-order valence-electron chi connectivity index (χ1n) is 6.42. The lowest BCUT2D eigenvalue weighted by molar-refractivity contribution is -0.257. The second-order valence-electron chi connectivity index (χ2n) is 6.32. The quantitative estimate of drug-likeness (QED) is 0.419. The maximum Gasteiger partial charge on any atom is 0.396 e. The van der Waals surface area contributed by atoms with Gasteiger partial charge >= 0.3 is 18.3 Å². The van der Waals surface area contributed by atoms with Crippen LogP contribution in [0.25, 0.3) is 0 Å². The van der Waals surface area contributed by atoms with Crippen LogP contribution in [0.2, 0.25) is 0 Å². The van der Waals surface area contributed by atoms with E-state index in [0.717, 1.165) is 12.2 Å². The van der Waals surface area contributed by atoms with E-state index in [1.165, 1.54) is 20.8 Å². The van der Waals surface area contributed by atoms with Crippen molar-refractivity contribution in [3.63, 3.8) is 0 Å². The largest absolute Gasteiger partial charge is 0.458 e. The molecule has 3 nitrogen and oxygen atoms in total. The number of carbonyl (C=O) groups excluding carboxylic acids is 1. The van der Waals surface area contributed by atoms with Gasteiger partial charge in [-0.3, -0.25) is 0 Å². The van der Waals surface area contributed by atoms with Crippen LogP contribution < -0.4 is 0 Å². The van der Waals surface area contributed by atoms with Crippen LogP contribution in [0.15, 0.2) is 12.2 Å². The minimum Gasteiger partial charge on any atom is -0.458 e. The van der Waals surface area contributed by atoms with Crippen molar-refractivity contribution in [3.8, 4) is 0 Å². The predicted octanol–water partition coefficient (Wildman–Crippen LogP) is 3.39. The normalized spacial score (nSPS) is 35.0. The highest BCUT2D eigenvalue weighted by molar-refractivity contribution is 5.84. The summed E-state index contributed by atoms with van der Waals surface area (Å²) in [5.41, 5.74) is -3.94. The summed E-state index contributed by atoms with van der Waals surface area (Å²) in [6, 6.07) is 0. The van der Waals surface area contributed by atoms with E-state index in [1.807, 2.05) is 0 Å². The molecule has 2 aliphatic rings. The molecule has 1 saturated heterocycles. The van der Waals surface area contributed by atoms with Crippen LogP contribution in [0.3, 0.4) is 0 Å². The Morgan fingerprint density at radius 2 is 1.64 bits per heavy atom. The van der Waals surface area contributed by atoms with E-state index in [4.69, 9.17) is 9.47 Å². The van der Waals surface area contributed by atoms with Gasteiger partial charge in [0.1, 0.15) is 11.5 Å². The molecule has 2 bridgehead atoms. The van der Waals surface area contributed by atoms with Crippen LogP contribution in [0, 0.1) is 11.8 Å². The molecule has 0 radical (unpaired) electrons. The van der Waals surface area contributed by atoms with Gasteiger partial charge in [0.15, 0.2) is 5.60 Å². The monoisotopic (exact) mass is 332 g/mol. The summed E-state index contributed by atoms with van der Waals surface area (Å²) >= 11 is 0. The van der Waals surface area contributed by atoms with E-state index in [0.29, 0.717) is 0 Å². The van der Waals surface area contributed by atoms with Crippen molar-refractivity contribution in [2.24, 2.45) is 11.8 Å². The molecule has 0 aliphatic carbocycles. The van der Waals surface area contributed by atoms with Crippen LogP contribution in [0.4, 0.5) is 26.3 Å². The van der Waals surface area contributed by atoms with Gasteiger partial charge in [0.25, 0.3) is 0 Å². The second kappa shape index (κ2) is 4.62. The Bertz CT molecular complexity index is 501. The number of fused-ring (bicyclic) bond motifs is 2. The zero-order valence-electron chi connectivity index (χ0n) is 11.9. The molecule has 4 unspecified atom stereocenters. The first kappa shape index (κ1) is 17.1. The third-order valence-electron chi connectivity index (χ3n) is 3.49. The number of hydrogen-bond donors (Lipinski definition) is 0. The fourth-order valence-electron chi connectivity index (χ4n) is 2.79. The van der Waals surface area contributed by atoms with Crippen molar-refractivity contribution in [3.05, 3.63) is 12.2 Å². The molecule has 1 fully saturated rings. The summed E-state index contributed by atoms with van der Waals surface area (Å²) in [5.74, 6) is -7.32. The highest BCUT2D eigenvalue weighted by Crippen LogP contribution is 2.58. The third kappa shape index (κ3) is 2.70. The standard InChI is InChI=1S/C13H14F6O3/c1-10(2,3)22-9(20)11-5-4-6(21-11)7(12(14,15)16)8(11)13(17,18)19/h4-8H,1-3H3. The van der Waals surface area contributed by atoms with Gasteiger partial charge in [-0.25, -0.2) is 4.79 Å². The molecule has 126 valence electrons. The summed E-state index contributed by atoms with van der Waals surface area (Å²) in [6.07, 6.45) is -10.7. The molecular weight excluding hydrogens is 318 g/mol. The summed E-state index contributed by atoms with van der Waals surface area (Å²) in [4.78, 5) is 12.1. The topological polar surface area (TPSA) is 35.5 Å². The Labute approximate surface area is 122 Å². The van der Waals surface area contributed by atoms with E-state index in [9.17, 15) is 31.1 Å². The number of esters is 1. The Morgan fingerprint density at radius 3 is 2.05 bits per heavy atom. The molecule has 22 heavy (non-hydrogen) atoms.